The fourth-order valence-corrected chi connectivity index (χ4v) is 5.70. The van der Waals surface area contributed by atoms with E-state index in [-0.39, 0.29) is 27.1 Å². The molecule has 4 aromatic rings. The van der Waals surface area contributed by atoms with Crippen molar-refractivity contribution in [1.82, 2.24) is 0 Å². The summed E-state index contributed by atoms with van der Waals surface area (Å²) in [6, 6.07) is 21.1. The Morgan fingerprint density at radius 3 is 2.14 bits per heavy atom. The summed E-state index contributed by atoms with van der Waals surface area (Å²) in [6.45, 7) is 0. The van der Waals surface area contributed by atoms with Crippen molar-refractivity contribution in [1.29, 1.82) is 0 Å². The minimum absolute atomic E-state index is 0.0765. The van der Waals surface area contributed by atoms with E-state index >= 15 is 0 Å². The number of rotatable bonds is 8. The molecule has 0 aliphatic rings. The summed E-state index contributed by atoms with van der Waals surface area (Å²) in [7, 11) is -3.99. The second-order valence-corrected chi connectivity index (χ2v) is 10.4. The van der Waals surface area contributed by atoms with Gasteiger partial charge in [0.2, 0.25) is 5.91 Å². The van der Waals surface area contributed by atoms with Crippen LogP contribution in [0.4, 0.5) is 5.69 Å². The lowest BCUT2D eigenvalue weighted by atomic mass is 9.95. The maximum Gasteiger partial charge on any atom is 0.262 e. The molecule has 0 atom stereocenters. The highest BCUT2D eigenvalue weighted by Crippen LogP contribution is 2.30. The standard InChI is InChI=1S/C26H20Cl2N2O4S/c27-17-13-18(28)15-19(14-17)35(33,34)30-24-10-4-7-21-22(24)8-3-9-23(21)25(31)12-11-16-5-1-2-6-20(16)26(29)32/h1-10,13-15,30H,11-12H2,(H2,29,32). The summed E-state index contributed by atoms with van der Waals surface area (Å²) >= 11 is 11.9. The smallest absolute Gasteiger partial charge is 0.262 e. The summed E-state index contributed by atoms with van der Waals surface area (Å²) in [5.74, 6) is -0.687. The number of carbonyl (C=O) groups excluding carboxylic acids is 2. The first kappa shape index (κ1) is 24.7. The van der Waals surface area contributed by atoms with E-state index in [2.05, 4.69) is 4.72 Å². The first-order valence-electron chi connectivity index (χ1n) is 10.6. The number of sulfonamides is 1. The molecule has 0 saturated carbocycles. The third kappa shape index (κ3) is 5.48. The Bertz CT molecular complexity index is 1550. The van der Waals surface area contributed by atoms with E-state index in [9.17, 15) is 18.0 Å². The zero-order valence-electron chi connectivity index (χ0n) is 18.3. The maximum absolute atomic E-state index is 13.1. The van der Waals surface area contributed by atoms with Gasteiger partial charge in [-0.25, -0.2) is 8.42 Å². The Hall–Kier alpha value is -3.39. The van der Waals surface area contributed by atoms with Gasteiger partial charge in [-0.2, -0.15) is 0 Å². The molecular formula is C26H20Cl2N2O4S. The van der Waals surface area contributed by atoms with E-state index in [1.807, 2.05) is 0 Å². The third-order valence-electron chi connectivity index (χ3n) is 5.52. The van der Waals surface area contributed by atoms with Gasteiger partial charge in [-0.3, -0.25) is 14.3 Å². The predicted molar refractivity (Wildman–Crippen MR) is 139 cm³/mol. The first-order chi connectivity index (χ1) is 16.7. The first-order valence-corrected chi connectivity index (χ1v) is 12.8. The Balaban J connectivity index is 1.64. The predicted octanol–water partition coefficient (Wildman–Crippen LogP) is 5.86. The fourth-order valence-electron chi connectivity index (χ4n) is 3.89. The van der Waals surface area contributed by atoms with Crippen LogP contribution in [0.25, 0.3) is 10.8 Å². The number of hydrogen-bond donors (Lipinski definition) is 2. The number of fused-ring (bicyclic) bond motifs is 1. The number of primary amides is 1. The maximum atomic E-state index is 13.1. The molecule has 4 aromatic carbocycles. The number of ketones is 1. The molecule has 3 N–H and O–H groups in total. The molecule has 0 heterocycles. The lowest BCUT2D eigenvalue weighted by Gasteiger charge is -2.13. The van der Waals surface area contributed by atoms with Gasteiger partial charge in [-0.1, -0.05) is 71.7 Å². The van der Waals surface area contributed by atoms with Gasteiger partial charge in [0.1, 0.15) is 0 Å². The van der Waals surface area contributed by atoms with Crippen molar-refractivity contribution in [2.24, 2.45) is 5.73 Å². The Morgan fingerprint density at radius 1 is 0.800 bits per heavy atom. The molecule has 0 aliphatic carbocycles. The largest absolute Gasteiger partial charge is 0.366 e. The molecule has 9 heteroatoms. The van der Waals surface area contributed by atoms with Crippen LogP contribution in [0.15, 0.2) is 83.8 Å². The van der Waals surface area contributed by atoms with Gasteiger partial charge in [0.15, 0.2) is 5.78 Å². The lowest BCUT2D eigenvalue weighted by Crippen LogP contribution is -2.14. The summed E-state index contributed by atoms with van der Waals surface area (Å²) in [5.41, 5.74) is 7.28. The van der Waals surface area contributed by atoms with Gasteiger partial charge in [0, 0.05) is 33.0 Å². The molecule has 0 aliphatic heterocycles. The van der Waals surface area contributed by atoms with E-state index in [1.165, 1.54) is 18.2 Å². The molecule has 0 radical (unpaired) electrons. The number of carbonyl (C=O) groups is 2. The highest BCUT2D eigenvalue weighted by molar-refractivity contribution is 7.92. The minimum Gasteiger partial charge on any atom is -0.366 e. The normalized spacial score (nSPS) is 11.4. The fraction of sp³-hybridized carbons (Fsp3) is 0.0769. The van der Waals surface area contributed by atoms with Crippen molar-refractivity contribution in [3.8, 4) is 0 Å². The van der Waals surface area contributed by atoms with Crippen molar-refractivity contribution in [3.63, 3.8) is 0 Å². The Kier molecular flexibility index (Phi) is 7.12. The Morgan fingerprint density at radius 2 is 1.43 bits per heavy atom. The molecule has 178 valence electrons. The molecule has 0 unspecified atom stereocenters. The average molecular weight is 527 g/mol. The zero-order valence-corrected chi connectivity index (χ0v) is 20.6. The number of halogens is 2. The molecule has 0 fully saturated rings. The molecule has 0 bridgehead atoms. The van der Waals surface area contributed by atoms with Gasteiger partial charge < -0.3 is 5.73 Å². The number of anilines is 1. The van der Waals surface area contributed by atoms with Crippen LogP contribution in [0, 0.1) is 0 Å². The molecule has 0 spiro atoms. The molecule has 6 nitrogen and oxygen atoms in total. The molecule has 0 aromatic heterocycles. The second-order valence-electron chi connectivity index (χ2n) is 7.86. The van der Waals surface area contributed by atoms with Crippen LogP contribution < -0.4 is 10.5 Å². The monoisotopic (exact) mass is 526 g/mol. The number of amides is 1. The number of nitrogens with two attached hydrogens (primary N) is 1. The van der Waals surface area contributed by atoms with E-state index < -0.39 is 15.9 Å². The molecular weight excluding hydrogens is 507 g/mol. The number of nitrogens with one attached hydrogen (secondary N) is 1. The quantitative estimate of drug-likeness (QED) is 0.280. The van der Waals surface area contributed by atoms with Gasteiger partial charge in [0.05, 0.1) is 10.6 Å². The summed E-state index contributed by atoms with van der Waals surface area (Å²) < 4.78 is 28.5. The molecule has 35 heavy (non-hydrogen) atoms. The van der Waals surface area contributed by atoms with Gasteiger partial charge >= 0.3 is 0 Å². The van der Waals surface area contributed by atoms with Gasteiger partial charge in [-0.15, -0.1) is 0 Å². The minimum atomic E-state index is -3.99. The number of hydrogen-bond acceptors (Lipinski definition) is 4. The highest BCUT2D eigenvalue weighted by atomic mass is 35.5. The summed E-state index contributed by atoms with van der Waals surface area (Å²) in [4.78, 5) is 24.7. The van der Waals surface area contributed by atoms with Crippen LogP contribution in [0.2, 0.25) is 10.0 Å². The highest BCUT2D eigenvalue weighted by Gasteiger charge is 2.19. The van der Waals surface area contributed by atoms with Crippen LogP contribution in [0.5, 0.6) is 0 Å². The van der Waals surface area contributed by atoms with Crippen molar-refractivity contribution in [2.75, 3.05) is 4.72 Å². The van der Waals surface area contributed by atoms with Crippen molar-refractivity contribution in [2.45, 2.75) is 17.7 Å². The van der Waals surface area contributed by atoms with Crippen molar-refractivity contribution >= 4 is 61.4 Å². The van der Waals surface area contributed by atoms with E-state index in [4.69, 9.17) is 28.9 Å². The third-order valence-corrected chi connectivity index (χ3v) is 7.30. The second kappa shape index (κ2) is 10.1. The van der Waals surface area contributed by atoms with Gasteiger partial charge in [0.25, 0.3) is 10.0 Å². The molecule has 1 amide bonds. The van der Waals surface area contributed by atoms with E-state index in [1.54, 1.807) is 60.7 Å². The van der Waals surface area contributed by atoms with Crippen molar-refractivity contribution in [3.05, 3.63) is 106 Å². The van der Waals surface area contributed by atoms with Crippen LogP contribution >= 0.6 is 23.2 Å². The average Bonchev–Trinajstić information content (AvgIpc) is 2.81. The number of Topliss-reactive ketones (excluding diaryl/α,β-unsaturated/α-hetero) is 1. The molecule has 4 rings (SSSR count). The van der Waals surface area contributed by atoms with Crippen LogP contribution in [-0.2, 0) is 16.4 Å². The Labute approximate surface area is 212 Å². The molecule has 0 saturated heterocycles. The van der Waals surface area contributed by atoms with Crippen LogP contribution in [0.3, 0.4) is 0 Å². The van der Waals surface area contributed by atoms with Crippen molar-refractivity contribution < 1.29 is 18.0 Å². The zero-order chi connectivity index (χ0) is 25.2. The lowest BCUT2D eigenvalue weighted by molar-refractivity contribution is 0.0975. The van der Waals surface area contributed by atoms with Gasteiger partial charge in [-0.05, 0) is 47.7 Å². The number of benzene rings is 4. The van der Waals surface area contributed by atoms with E-state index in [0.717, 1.165) is 0 Å². The SMILES string of the molecule is NC(=O)c1ccccc1CCC(=O)c1cccc2c(NS(=O)(=O)c3cc(Cl)cc(Cl)c3)cccc12. The summed E-state index contributed by atoms with van der Waals surface area (Å²) in [5, 5.41) is 1.56. The van der Waals surface area contributed by atoms with Crippen LogP contribution in [-0.4, -0.2) is 20.1 Å². The van der Waals surface area contributed by atoms with Crippen LogP contribution in [0.1, 0.15) is 32.7 Å². The topological polar surface area (TPSA) is 106 Å². The van der Waals surface area contributed by atoms with E-state index in [0.29, 0.717) is 39.6 Å². The summed E-state index contributed by atoms with van der Waals surface area (Å²) in [6.07, 6.45) is 0.497. The number of aryl methyl sites for hydroxylation is 1.